The molecule has 0 aliphatic carbocycles. The maximum atomic E-state index is 10.5. The van der Waals surface area contributed by atoms with Gasteiger partial charge in [-0.2, -0.15) is 0 Å². The Morgan fingerprint density at radius 3 is 3.08 bits per heavy atom. The Kier molecular flexibility index (Phi) is 4.18. The van der Waals surface area contributed by atoms with E-state index in [1.165, 1.54) is 6.92 Å². The Labute approximate surface area is 78.5 Å². The van der Waals surface area contributed by atoms with Crippen molar-refractivity contribution in [3.63, 3.8) is 0 Å². The highest BCUT2D eigenvalue weighted by atomic mass is 16.7. The first-order chi connectivity index (χ1) is 6.18. The van der Waals surface area contributed by atoms with Crippen molar-refractivity contribution >= 4 is 5.91 Å². The Balaban J connectivity index is 2.10. The molecule has 1 fully saturated rings. The number of nitrogens with one attached hydrogen (secondary N) is 1. The van der Waals surface area contributed by atoms with E-state index in [0.29, 0.717) is 18.6 Å². The van der Waals surface area contributed by atoms with Gasteiger partial charge in [0.05, 0.1) is 12.7 Å². The van der Waals surface area contributed by atoms with Crippen molar-refractivity contribution in [1.82, 2.24) is 5.48 Å². The average molecular weight is 187 g/mol. The number of hydrogen-bond donors (Lipinski definition) is 1. The van der Waals surface area contributed by atoms with Crippen molar-refractivity contribution in [3.05, 3.63) is 0 Å². The van der Waals surface area contributed by atoms with E-state index in [4.69, 9.17) is 9.57 Å². The summed E-state index contributed by atoms with van der Waals surface area (Å²) in [5, 5.41) is 0. The number of carbonyl (C=O) groups is 1. The van der Waals surface area contributed by atoms with Gasteiger partial charge in [-0.25, -0.2) is 5.48 Å². The topological polar surface area (TPSA) is 47.6 Å². The quantitative estimate of drug-likeness (QED) is 0.667. The lowest BCUT2D eigenvalue weighted by Crippen LogP contribution is -2.30. The zero-order valence-electron chi connectivity index (χ0n) is 8.21. The van der Waals surface area contributed by atoms with Crippen LogP contribution in [0.2, 0.25) is 0 Å². The minimum Gasteiger partial charge on any atom is -0.378 e. The fourth-order valence-corrected chi connectivity index (χ4v) is 1.50. The van der Waals surface area contributed by atoms with Gasteiger partial charge in [-0.05, 0) is 25.7 Å². The molecule has 2 unspecified atom stereocenters. The normalized spacial score (nSPS) is 28.5. The summed E-state index contributed by atoms with van der Waals surface area (Å²) in [6.07, 6.45) is 2.35. The molecule has 0 aromatic heterocycles. The summed E-state index contributed by atoms with van der Waals surface area (Å²) < 4.78 is 5.39. The molecule has 0 spiro atoms. The third-order valence-corrected chi connectivity index (χ3v) is 2.13. The molecule has 1 saturated heterocycles. The van der Waals surface area contributed by atoms with E-state index in [-0.39, 0.29) is 5.91 Å². The molecule has 1 heterocycles. The summed E-state index contributed by atoms with van der Waals surface area (Å²) in [4.78, 5) is 15.5. The Bertz CT molecular complexity index is 172. The Hall–Kier alpha value is -0.610. The number of rotatable bonds is 3. The number of amides is 1. The Morgan fingerprint density at radius 2 is 2.46 bits per heavy atom. The maximum Gasteiger partial charge on any atom is 0.240 e. The highest BCUT2D eigenvalue weighted by Crippen LogP contribution is 2.19. The second kappa shape index (κ2) is 5.19. The van der Waals surface area contributed by atoms with Gasteiger partial charge in [-0.1, -0.05) is 0 Å². The summed E-state index contributed by atoms with van der Waals surface area (Å²) in [6, 6.07) is 0. The average Bonchev–Trinajstić information content (AvgIpc) is 2.03. The second-order valence-electron chi connectivity index (χ2n) is 3.54. The van der Waals surface area contributed by atoms with Crippen LogP contribution in [0.4, 0.5) is 0 Å². The molecule has 0 saturated carbocycles. The van der Waals surface area contributed by atoms with Crippen LogP contribution in [0, 0.1) is 5.92 Å². The van der Waals surface area contributed by atoms with Crippen molar-refractivity contribution < 1.29 is 14.4 Å². The fraction of sp³-hybridized carbons (Fsp3) is 0.889. The first-order valence-electron chi connectivity index (χ1n) is 4.68. The molecule has 0 aromatic carbocycles. The first-order valence-corrected chi connectivity index (χ1v) is 4.68. The van der Waals surface area contributed by atoms with E-state index in [0.717, 1.165) is 19.4 Å². The maximum absolute atomic E-state index is 10.5. The minimum atomic E-state index is -0.153. The molecule has 0 radical (unpaired) electrons. The van der Waals surface area contributed by atoms with Gasteiger partial charge in [-0.15, -0.1) is 0 Å². The lowest BCUT2D eigenvalue weighted by molar-refractivity contribution is -0.133. The van der Waals surface area contributed by atoms with Gasteiger partial charge in [0.1, 0.15) is 0 Å². The molecule has 1 rings (SSSR count). The predicted molar refractivity (Wildman–Crippen MR) is 47.9 cm³/mol. The van der Waals surface area contributed by atoms with E-state index < -0.39 is 0 Å². The van der Waals surface area contributed by atoms with E-state index in [1.54, 1.807) is 0 Å². The van der Waals surface area contributed by atoms with Crippen molar-refractivity contribution in [1.29, 1.82) is 0 Å². The standard InChI is InChI=1S/C9H17NO3/c1-7-5-9(3-4-12-7)6-13-10-8(2)11/h7,9H,3-6H2,1-2H3,(H,10,11). The number of hydrogen-bond acceptors (Lipinski definition) is 3. The summed E-state index contributed by atoms with van der Waals surface area (Å²) >= 11 is 0. The van der Waals surface area contributed by atoms with Gasteiger partial charge in [0.25, 0.3) is 0 Å². The van der Waals surface area contributed by atoms with Gasteiger partial charge in [0.2, 0.25) is 5.91 Å². The number of carbonyl (C=O) groups excluding carboxylic acids is 1. The molecule has 1 amide bonds. The molecule has 0 bridgehead atoms. The fourth-order valence-electron chi connectivity index (χ4n) is 1.50. The van der Waals surface area contributed by atoms with Gasteiger partial charge < -0.3 is 4.74 Å². The van der Waals surface area contributed by atoms with Gasteiger partial charge >= 0.3 is 0 Å². The molecule has 2 atom stereocenters. The molecule has 76 valence electrons. The van der Waals surface area contributed by atoms with Crippen molar-refractivity contribution in [3.8, 4) is 0 Å². The highest BCUT2D eigenvalue weighted by molar-refractivity contribution is 5.71. The molecular formula is C9H17NO3. The van der Waals surface area contributed by atoms with Crippen LogP contribution in [0.25, 0.3) is 0 Å². The zero-order chi connectivity index (χ0) is 9.68. The number of ether oxygens (including phenoxy) is 1. The largest absolute Gasteiger partial charge is 0.378 e. The number of hydroxylamine groups is 1. The van der Waals surface area contributed by atoms with Crippen LogP contribution in [0.1, 0.15) is 26.7 Å². The third kappa shape index (κ3) is 4.24. The molecule has 1 N–H and O–H groups in total. The van der Waals surface area contributed by atoms with E-state index >= 15 is 0 Å². The molecule has 13 heavy (non-hydrogen) atoms. The Morgan fingerprint density at radius 1 is 1.69 bits per heavy atom. The predicted octanol–water partition coefficient (Wildman–Crippen LogP) is 0.869. The molecule has 1 aliphatic rings. The third-order valence-electron chi connectivity index (χ3n) is 2.13. The van der Waals surface area contributed by atoms with Gasteiger partial charge in [0, 0.05) is 13.5 Å². The van der Waals surface area contributed by atoms with Crippen LogP contribution < -0.4 is 5.48 Å². The molecule has 4 nitrogen and oxygen atoms in total. The van der Waals surface area contributed by atoms with Crippen LogP contribution in [-0.4, -0.2) is 25.2 Å². The monoisotopic (exact) mass is 187 g/mol. The van der Waals surface area contributed by atoms with Crippen LogP contribution >= 0.6 is 0 Å². The highest BCUT2D eigenvalue weighted by Gasteiger charge is 2.19. The van der Waals surface area contributed by atoms with Crippen LogP contribution in [0.5, 0.6) is 0 Å². The lowest BCUT2D eigenvalue weighted by atomic mass is 9.97. The molecule has 1 aliphatic heterocycles. The minimum absolute atomic E-state index is 0.153. The lowest BCUT2D eigenvalue weighted by Gasteiger charge is -2.26. The summed E-state index contributed by atoms with van der Waals surface area (Å²) in [7, 11) is 0. The van der Waals surface area contributed by atoms with Crippen LogP contribution in [0.3, 0.4) is 0 Å². The smallest absolute Gasteiger partial charge is 0.240 e. The zero-order valence-corrected chi connectivity index (χ0v) is 8.21. The molecule has 4 heteroatoms. The van der Waals surface area contributed by atoms with E-state index in [9.17, 15) is 4.79 Å². The summed E-state index contributed by atoms with van der Waals surface area (Å²) in [6.45, 7) is 4.89. The van der Waals surface area contributed by atoms with E-state index in [1.807, 2.05) is 0 Å². The molecular weight excluding hydrogens is 170 g/mol. The van der Waals surface area contributed by atoms with E-state index in [2.05, 4.69) is 12.4 Å². The summed E-state index contributed by atoms with van der Waals surface area (Å²) in [5.41, 5.74) is 2.33. The van der Waals surface area contributed by atoms with Crippen LogP contribution in [-0.2, 0) is 14.4 Å². The molecule has 0 aromatic rings. The summed E-state index contributed by atoms with van der Waals surface area (Å²) in [5.74, 6) is 0.357. The van der Waals surface area contributed by atoms with Crippen LogP contribution in [0.15, 0.2) is 0 Å². The van der Waals surface area contributed by atoms with Gasteiger partial charge in [-0.3, -0.25) is 9.63 Å². The first kappa shape index (κ1) is 10.5. The van der Waals surface area contributed by atoms with Crippen molar-refractivity contribution in [2.24, 2.45) is 5.92 Å². The SMILES string of the molecule is CC(=O)NOCC1CCOC(C)C1. The second-order valence-corrected chi connectivity index (χ2v) is 3.54. The van der Waals surface area contributed by atoms with Crippen molar-refractivity contribution in [2.75, 3.05) is 13.2 Å². The van der Waals surface area contributed by atoms with Crippen molar-refractivity contribution in [2.45, 2.75) is 32.8 Å². The van der Waals surface area contributed by atoms with Gasteiger partial charge in [0.15, 0.2) is 0 Å².